The summed E-state index contributed by atoms with van der Waals surface area (Å²) in [6.07, 6.45) is 5.11. The number of hydrogen-bond acceptors (Lipinski definition) is 4. The molecule has 0 saturated carbocycles. The predicted molar refractivity (Wildman–Crippen MR) is 75.7 cm³/mol. The van der Waals surface area contributed by atoms with Crippen LogP contribution in [0.15, 0.2) is 18.6 Å². The monoisotopic (exact) mass is 289 g/mol. The Morgan fingerprint density at radius 3 is 2.81 bits per heavy atom. The van der Waals surface area contributed by atoms with Crippen LogP contribution in [0, 0.1) is 6.92 Å². The molecule has 1 fully saturated rings. The number of amides is 1. The van der Waals surface area contributed by atoms with Crippen molar-refractivity contribution in [3.8, 4) is 0 Å². The van der Waals surface area contributed by atoms with E-state index in [1.807, 2.05) is 24.7 Å². The van der Waals surface area contributed by atoms with Crippen LogP contribution in [0.1, 0.15) is 28.0 Å². The summed E-state index contributed by atoms with van der Waals surface area (Å²) in [5.74, 6) is 0.846. The molecule has 0 bridgehead atoms. The second-order valence-corrected chi connectivity index (χ2v) is 5.36. The number of nitrogens with zero attached hydrogens (tertiary/aromatic N) is 5. The SMILES string of the molecule is Cc1cn(C)c([C@@H]2CN(C(=O)c3cnn(C)c3)CCO2)n1. The van der Waals surface area contributed by atoms with E-state index in [0.29, 0.717) is 25.3 Å². The molecule has 2 aromatic heterocycles. The van der Waals surface area contributed by atoms with E-state index in [2.05, 4.69) is 10.1 Å². The highest BCUT2D eigenvalue weighted by Crippen LogP contribution is 2.22. The molecule has 1 saturated heterocycles. The Balaban J connectivity index is 1.77. The van der Waals surface area contributed by atoms with Crippen molar-refractivity contribution >= 4 is 5.91 Å². The van der Waals surface area contributed by atoms with Gasteiger partial charge >= 0.3 is 0 Å². The Bertz CT molecular complexity index is 660. The number of imidazole rings is 1. The summed E-state index contributed by atoms with van der Waals surface area (Å²) in [7, 11) is 3.75. The Morgan fingerprint density at radius 2 is 2.19 bits per heavy atom. The van der Waals surface area contributed by atoms with Crippen molar-refractivity contribution in [2.75, 3.05) is 19.7 Å². The number of rotatable bonds is 2. The summed E-state index contributed by atoms with van der Waals surface area (Å²) in [5, 5.41) is 4.05. The van der Waals surface area contributed by atoms with Crippen LogP contribution in [0.3, 0.4) is 0 Å². The molecule has 0 radical (unpaired) electrons. The van der Waals surface area contributed by atoms with Crippen molar-refractivity contribution in [1.29, 1.82) is 0 Å². The van der Waals surface area contributed by atoms with Gasteiger partial charge in [-0.25, -0.2) is 4.98 Å². The van der Waals surface area contributed by atoms with Crippen LogP contribution in [0.2, 0.25) is 0 Å². The first-order valence-corrected chi connectivity index (χ1v) is 6.94. The molecular formula is C14H19N5O2. The fourth-order valence-corrected chi connectivity index (χ4v) is 2.64. The van der Waals surface area contributed by atoms with Gasteiger partial charge in [0.25, 0.3) is 5.91 Å². The van der Waals surface area contributed by atoms with Gasteiger partial charge in [0.1, 0.15) is 11.9 Å². The molecule has 1 aliphatic heterocycles. The summed E-state index contributed by atoms with van der Waals surface area (Å²) >= 11 is 0. The minimum absolute atomic E-state index is 0.0117. The molecule has 1 aliphatic rings. The molecule has 1 amide bonds. The van der Waals surface area contributed by atoms with Gasteiger partial charge in [0.15, 0.2) is 0 Å². The number of aromatic nitrogens is 4. The molecule has 0 spiro atoms. The number of aryl methyl sites for hydroxylation is 3. The van der Waals surface area contributed by atoms with Crippen molar-refractivity contribution in [3.63, 3.8) is 0 Å². The lowest BCUT2D eigenvalue weighted by Crippen LogP contribution is -2.42. The van der Waals surface area contributed by atoms with Gasteiger partial charge in [-0.3, -0.25) is 9.48 Å². The standard InChI is InChI=1S/C14H19N5O2/c1-10-7-17(2)13(16-10)12-9-19(4-5-21-12)14(20)11-6-15-18(3)8-11/h6-8,12H,4-5,9H2,1-3H3/t12-/m0/s1. The van der Waals surface area contributed by atoms with E-state index in [1.165, 1.54) is 0 Å². The predicted octanol–water partition coefficient (Wildman–Crippen LogP) is 0.676. The normalized spacial score (nSPS) is 19.0. The largest absolute Gasteiger partial charge is 0.367 e. The maximum atomic E-state index is 12.5. The molecule has 3 rings (SSSR count). The maximum absolute atomic E-state index is 12.5. The number of hydrogen-bond donors (Lipinski definition) is 0. The minimum Gasteiger partial charge on any atom is -0.367 e. The van der Waals surface area contributed by atoms with Gasteiger partial charge in [0, 0.05) is 33.0 Å². The van der Waals surface area contributed by atoms with E-state index in [0.717, 1.165) is 11.5 Å². The van der Waals surface area contributed by atoms with E-state index in [9.17, 15) is 4.79 Å². The zero-order valence-corrected chi connectivity index (χ0v) is 12.5. The number of carbonyl (C=O) groups excluding carboxylic acids is 1. The lowest BCUT2D eigenvalue weighted by molar-refractivity contribution is -0.0279. The van der Waals surface area contributed by atoms with Crippen LogP contribution in [0.25, 0.3) is 0 Å². The highest BCUT2D eigenvalue weighted by molar-refractivity contribution is 5.93. The zero-order chi connectivity index (χ0) is 15.0. The molecule has 112 valence electrons. The second-order valence-electron chi connectivity index (χ2n) is 5.36. The van der Waals surface area contributed by atoms with E-state index in [1.54, 1.807) is 29.0 Å². The summed E-state index contributed by atoms with van der Waals surface area (Å²) < 4.78 is 9.37. The fraction of sp³-hybridized carbons (Fsp3) is 0.500. The average Bonchev–Trinajstić information content (AvgIpc) is 3.04. The first kappa shape index (κ1) is 13.8. The topological polar surface area (TPSA) is 65.2 Å². The highest BCUT2D eigenvalue weighted by atomic mass is 16.5. The van der Waals surface area contributed by atoms with Crippen LogP contribution in [0.4, 0.5) is 0 Å². The summed E-state index contributed by atoms with van der Waals surface area (Å²) in [6, 6.07) is 0. The molecule has 1 atom stereocenters. The van der Waals surface area contributed by atoms with Crippen molar-refractivity contribution in [2.45, 2.75) is 13.0 Å². The van der Waals surface area contributed by atoms with Gasteiger partial charge in [0.05, 0.1) is 30.6 Å². The molecule has 21 heavy (non-hydrogen) atoms. The minimum atomic E-state index is -0.182. The highest BCUT2D eigenvalue weighted by Gasteiger charge is 2.29. The van der Waals surface area contributed by atoms with Crippen molar-refractivity contribution in [3.05, 3.63) is 35.7 Å². The second kappa shape index (κ2) is 5.33. The molecule has 0 unspecified atom stereocenters. The maximum Gasteiger partial charge on any atom is 0.257 e. The van der Waals surface area contributed by atoms with Crippen molar-refractivity contribution in [1.82, 2.24) is 24.2 Å². The van der Waals surface area contributed by atoms with Crippen LogP contribution in [-0.4, -0.2) is 49.8 Å². The van der Waals surface area contributed by atoms with Gasteiger partial charge in [0.2, 0.25) is 0 Å². The molecular weight excluding hydrogens is 270 g/mol. The Morgan fingerprint density at radius 1 is 1.38 bits per heavy atom. The molecule has 0 N–H and O–H groups in total. The van der Waals surface area contributed by atoms with Crippen LogP contribution in [0.5, 0.6) is 0 Å². The summed E-state index contributed by atoms with van der Waals surface area (Å²) in [5.41, 5.74) is 1.56. The number of ether oxygens (including phenoxy) is 1. The molecule has 0 aromatic carbocycles. The lowest BCUT2D eigenvalue weighted by atomic mass is 10.2. The van der Waals surface area contributed by atoms with Gasteiger partial charge < -0.3 is 14.2 Å². The first-order valence-electron chi connectivity index (χ1n) is 6.94. The Kier molecular flexibility index (Phi) is 3.50. The number of morpholine rings is 1. The van der Waals surface area contributed by atoms with E-state index in [4.69, 9.17) is 4.74 Å². The van der Waals surface area contributed by atoms with Crippen LogP contribution >= 0.6 is 0 Å². The molecule has 3 heterocycles. The van der Waals surface area contributed by atoms with Gasteiger partial charge in [-0.15, -0.1) is 0 Å². The molecule has 0 aliphatic carbocycles. The summed E-state index contributed by atoms with van der Waals surface area (Å²) in [6.45, 7) is 3.57. The number of carbonyl (C=O) groups is 1. The fourth-order valence-electron chi connectivity index (χ4n) is 2.64. The summed E-state index contributed by atoms with van der Waals surface area (Å²) in [4.78, 5) is 18.8. The van der Waals surface area contributed by atoms with Gasteiger partial charge in [-0.2, -0.15) is 5.10 Å². The third-order valence-corrected chi connectivity index (χ3v) is 3.63. The average molecular weight is 289 g/mol. The van der Waals surface area contributed by atoms with Crippen LogP contribution in [-0.2, 0) is 18.8 Å². The van der Waals surface area contributed by atoms with Crippen molar-refractivity contribution < 1.29 is 9.53 Å². The van der Waals surface area contributed by atoms with E-state index < -0.39 is 0 Å². The Hall–Kier alpha value is -2.15. The third-order valence-electron chi connectivity index (χ3n) is 3.63. The van der Waals surface area contributed by atoms with E-state index in [-0.39, 0.29) is 12.0 Å². The quantitative estimate of drug-likeness (QED) is 0.815. The molecule has 7 nitrogen and oxygen atoms in total. The smallest absolute Gasteiger partial charge is 0.257 e. The Labute approximate surface area is 123 Å². The lowest BCUT2D eigenvalue weighted by Gasteiger charge is -2.32. The van der Waals surface area contributed by atoms with E-state index >= 15 is 0 Å². The van der Waals surface area contributed by atoms with Gasteiger partial charge in [-0.05, 0) is 6.92 Å². The zero-order valence-electron chi connectivity index (χ0n) is 12.5. The van der Waals surface area contributed by atoms with Crippen molar-refractivity contribution in [2.24, 2.45) is 14.1 Å². The van der Waals surface area contributed by atoms with Gasteiger partial charge in [-0.1, -0.05) is 0 Å². The van der Waals surface area contributed by atoms with Crippen LogP contribution < -0.4 is 0 Å². The molecule has 2 aromatic rings. The third kappa shape index (κ3) is 2.69. The molecule has 7 heteroatoms. The first-order chi connectivity index (χ1) is 10.0.